The molecule has 2 rings (SSSR count). The van der Waals surface area contributed by atoms with Gasteiger partial charge in [-0.05, 0) is 91.0 Å². The molecule has 0 aliphatic rings. The molecule has 0 N–H and O–H groups in total. The Labute approximate surface area is 129 Å². The first kappa shape index (κ1) is 12.9. The summed E-state index contributed by atoms with van der Waals surface area (Å²) < 4.78 is 2.34. The van der Waals surface area contributed by atoms with Crippen molar-refractivity contribution in [1.82, 2.24) is 9.97 Å². The van der Waals surface area contributed by atoms with Crippen molar-refractivity contribution in [2.24, 2.45) is 0 Å². The second-order valence-electron chi connectivity index (χ2n) is 2.75. The fourth-order valence-electron chi connectivity index (χ4n) is 0.944. The Bertz CT molecular complexity index is 448. The lowest BCUT2D eigenvalue weighted by Crippen LogP contribution is -1.83. The van der Waals surface area contributed by atoms with Gasteiger partial charge < -0.3 is 0 Å². The summed E-state index contributed by atoms with van der Waals surface area (Å²) in [7, 11) is 3.29. The van der Waals surface area contributed by atoms with Crippen molar-refractivity contribution in [3.63, 3.8) is 0 Å². The Kier molecular flexibility index (Phi) is 5.17. The summed E-state index contributed by atoms with van der Waals surface area (Å²) in [6.45, 7) is 0. The number of halogens is 2. The number of pyridine rings is 2. The van der Waals surface area contributed by atoms with E-state index in [0.717, 1.165) is 10.1 Å². The average molecular weight is 472 g/mol. The van der Waals surface area contributed by atoms with E-state index < -0.39 is 0 Å². The lowest BCUT2D eigenvalue weighted by Gasteiger charge is -2.02. The van der Waals surface area contributed by atoms with Gasteiger partial charge in [-0.25, -0.2) is 9.97 Å². The Morgan fingerprint density at radius 2 is 1.25 bits per heavy atom. The van der Waals surface area contributed by atoms with Gasteiger partial charge in [0.15, 0.2) is 0 Å². The number of hydrogen-bond acceptors (Lipinski definition) is 4. The average Bonchev–Trinajstić information content (AvgIpc) is 2.30. The summed E-state index contributed by atoms with van der Waals surface area (Å²) in [5, 5.41) is 2.07. The molecule has 0 amide bonds. The Hall–Kier alpha value is 0.460. The first-order valence-corrected chi connectivity index (χ1v) is 8.63. The van der Waals surface area contributed by atoms with Gasteiger partial charge in [-0.2, -0.15) is 0 Å². The van der Waals surface area contributed by atoms with Gasteiger partial charge in [0.1, 0.15) is 10.1 Å². The SMILES string of the molecule is Ic1cccnc1SSc1ncccc1I. The van der Waals surface area contributed by atoms with E-state index in [9.17, 15) is 0 Å². The highest BCUT2D eigenvalue weighted by Crippen LogP contribution is 2.38. The monoisotopic (exact) mass is 472 g/mol. The lowest BCUT2D eigenvalue weighted by molar-refractivity contribution is 1.11. The van der Waals surface area contributed by atoms with E-state index in [1.54, 1.807) is 21.6 Å². The third kappa shape index (κ3) is 3.47. The van der Waals surface area contributed by atoms with Crippen LogP contribution in [0.2, 0.25) is 0 Å². The third-order valence-corrected chi connectivity index (χ3v) is 6.37. The Morgan fingerprint density at radius 1 is 0.812 bits per heavy atom. The standard InChI is InChI=1S/C10H6I2N2S2/c11-7-3-1-5-13-9(7)15-16-10-8(12)4-2-6-14-10/h1-6H. The van der Waals surface area contributed by atoms with E-state index in [1.165, 1.54) is 7.14 Å². The van der Waals surface area contributed by atoms with Gasteiger partial charge in [-0.3, -0.25) is 0 Å². The van der Waals surface area contributed by atoms with Gasteiger partial charge in [0.05, 0.1) is 0 Å². The molecule has 0 aliphatic heterocycles. The number of nitrogens with zero attached hydrogens (tertiary/aromatic N) is 2. The highest BCUT2D eigenvalue weighted by atomic mass is 127. The summed E-state index contributed by atoms with van der Waals surface area (Å²) in [6.07, 6.45) is 3.63. The van der Waals surface area contributed by atoms with Crippen LogP contribution in [0, 0.1) is 7.14 Å². The predicted molar refractivity (Wildman–Crippen MR) is 85.6 cm³/mol. The lowest BCUT2D eigenvalue weighted by atomic mass is 10.5. The van der Waals surface area contributed by atoms with Crippen LogP contribution in [0.4, 0.5) is 0 Å². The van der Waals surface area contributed by atoms with Crippen LogP contribution in [-0.2, 0) is 0 Å². The Balaban J connectivity index is 2.09. The molecular weight excluding hydrogens is 466 g/mol. The van der Waals surface area contributed by atoms with E-state index in [4.69, 9.17) is 0 Å². The molecule has 16 heavy (non-hydrogen) atoms. The molecule has 82 valence electrons. The van der Waals surface area contributed by atoms with Gasteiger partial charge in [-0.1, -0.05) is 0 Å². The first-order valence-electron chi connectivity index (χ1n) is 4.33. The summed E-state index contributed by atoms with van der Waals surface area (Å²) >= 11 is 4.59. The van der Waals surface area contributed by atoms with Crippen LogP contribution >= 0.6 is 66.8 Å². The van der Waals surface area contributed by atoms with Crippen molar-refractivity contribution in [2.45, 2.75) is 10.1 Å². The molecule has 0 unspecified atom stereocenters. The molecular formula is C10H6I2N2S2. The number of rotatable bonds is 3. The van der Waals surface area contributed by atoms with E-state index in [1.807, 2.05) is 24.5 Å². The molecule has 0 aromatic carbocycles. The van der Waals surface area contributed by atoms with Gasteiger partial charge in [0.25, 0.3) is 0 Å². The van der Waals surface area contributed by atoms with E-state index >= 15 is 0 Å². The van der Waals surface area contributed by atoms with E-state index in [0.29, 0.717) is 0 Å². The van der Waals surface area contributed by atoms with Crippen LogP contribution in [0.25, 0.3) is 0 Å². The second-order valence-corrected chi connectivity index (χ2v) is 7.18. The third-order valence-electron chi connectivity index (χ3n) is 1.65. The molecule has 0 spiro atoms. The van der Waals surface area contributed by atoms with Crippen LogP contribution in [0.5, 0.6) is 0 Å². The molecule has 0 atom stereocenters. The largest absolute Gasteiger partial charge is 0.248 e. The van der Waals surface area contributed by atoms with Crippen LogP contribution in [-0.4, -0.2) is 9.97 Å². The zero-order valence-electron chi connectivity index (χ0n) is 7.93. The fourth-order valence-corrected chi connectivity index (χ4v) is 5.13. The highest BCUT2D eigenvalue weighted by Gasteiger charge is 2.05. The van der Waals surface area contributed by atoms with Gasteiger partial charge >= 0.3 is 0 Å². The normalized spacial score (nSPS) is 10.4. The highest BCUT2D eigenvalue weighted by molar-refractivity contribution is 14.1. The predicted octanol–water partition coefficient (Wildman–Crippen LogP) is 4.49. The molecule has 6 heteroatoms. The van der Waals surface area contributed by atoms with Gasteiger partial charge in [0.2, 0.25) is 0 Å². The summed E-state index contributed by atoms with van der Waals surface area (Å²) in [5.74, 6) is 0. The van der Waals surface area contributed by atoms with Crippen molar-refractivity contribution >= 4 is 66.8 Å². The summed E-state index contributed by atoms with van der Waals surface area (Å²) in [6, 6.07) is 8.00. The Morgan fingerprint density at radius 3 is 1.62 bits per heavy atom. The van der Waals surface area contributed by atoms with Crippen molar-refractivity contribution < 1.29 is 0 Å². The van der Waals surface area contributed by atoms with Crippen molar-refractivity contribution in [3.8, 4) is 0 Å². The minimum absolute atomic E-state index is 1.04. The maximum Gasteiger partial charge on any atom is 0.120 e. The maximum absolute atomic E-state index is 4.33. The quantitative estimate of drug-likeness (QED) is 0.486. The molecule has 2 nitrogen and oxygen atoms in total. The van der Waals surface area contributed by atoms with E-state index in [-0.39, 0.29) is 0 Å². The molecule has 0 saturated heterocycles. The van der Waals surface area contributed by atoms with Crippen molar-refractivity contribution in [1.29, 1.82) is 0 Å². The van der Waals surface area contributed by atoms with Crippen LogP contribution in [0.1, 0.15) is 0 Å². The molecule has 2 aromatic heterocycles. The van der Waals surface area contributed by atoms with E-state index in [2.05, 4.69) is 67.3 Å². The van der Waals surface area contributed by atoms with Crippen LogP contribution in [0.15, 0.2) is 46.7 Å². The molecule has 2 heterocycles. The number of aromatic nitrogens is 2. The minimum atomic E-state index is 1.04. The van der Waals surface area contributed by atoms with Crippen LogP contribution in [0.3, 0.4) is 0 Å². The smallest absolute Gasteiger partial charge is 0.120 e. The van der Waals surface area contributed by atoms with Crippen LogP contribution < -0.4 is 0 Å². The second kappa shape index (κ2) is 6.41. The molecule has 0 radical (unpaired) electrons. The molecule has 2 aromatic rings. The van der Waals surface area contributed by atoms with Crippen molar-refractivity contribution in [3.05, 3.63) is 43.8 Å². The summed E-state index contributed by atoms with van der Waals surface area (Å²) in [4.78, 5) is 8.65. The number of hydrogen-bond donors (Lipinski definition) is 0. The maximum atomic E-state index is 4.33. The molecule has 0 bridgehead atoms. The van der Waals surface area contributed by atoms with Gasteiger partial charge in [0, 0.05) is 19.5 Å². The minimum Gasteiger partial charge on any atom is -0.248 e. The first-order chi connectivity index (χ1) is 7.77. The summed E-state index contributed by atoms with van der Waals surface area (Å²) in [5.41, 5.74) is 0. The molecule has 0 fully saturated rings. The van der Waals surface area contributed by atoms with Crippen molar-refractivity contribution in [2.75, 3.05) is 0 Å². The zero-order valence-corrected chi connectivity index (χ0v) is 13.9. The molecule has 0 saturated carbocycles. The zero-order chi connectivity index (χ0) is 11.4. The van der Waals surface area contributed by atoms with Gasteiger partial charge in [-0.15, -0.1) is 0 Å². The topological polar surface area (TPSA) is 25.8 Å². The fraction of sp³-hybridized carbons (Fsp3) is 0. The molecule has 0 aliphatic carbocycles.